The normalized spacial score (nSPS) is 10.7. The maximum atomic E-state index is 5.31. The molecule has 0 aliphatic heterocycles. The van der Waals surface area contributed by atoms with Gasteiger partial charge in [-0.15, -0.1) is 0 Å². The highest BCUT2D eigenvalue weighted by molar-refractivity contribution is 5.75. The predicted molar refractivity (Wildman–Crippen MR) is 52.5 cm³/mol. The summed E-state index contributed by atoms with van der Waals surface area (Å²) in [6.45, 7) is 5.94. The summed E-state index contributed by atoms with van der Waals surface area (Å²) < 4.78 is 0. The standard InChI is InChI=1S/C6H4.C4H12N2/c1-2-6-4-3-5(1)6;1-3-6(5)4-2/h1-4H;3-5H2,1-2H3. The fraction of sp³-hybridized carbons (Fsp3) is 0.400. The van der Waals surface area contributed by atoms with Gasteiger partial charge in [0.05, 0.1) is 0 Å². The molecule has 0 spiro atoms. The summed E-state index contributed by atoms with van der Waals surface area (Å²) in [6, 6.07) is 8.48. The predicted octanol–water partition coefficient (Wildman–Crippen LogP) is 1.87. The van der Waals surface area contributed by atoms with Crippen molar-refractivity contribution < 1.29 is 0 Å². The molecule has 2 aliphatic rings. The van der Waals surface area contributed by atoms with Crippen molar-refractivity contribution in [3.05, 3.63) is 24.3 Å². The van der Waals surface area contributed by atoms with Crippen LogP contribution in [0.2, 0.25) is 0 Å². The van der Waals surface area contributed by atoms with Gasteiger partial charge in [-0.1, -0.05) is 38.1 Å². The highest BCUT2D eigenvalue weighted by Gasteiger charge is 2.03. The van der Waals surface area contributed by atoms with E-state index >= 15 is 0 Å². The second-order valence-electron chi connectivity index (χ2n) is 2.80. The first-order valence-electron chi connectivity index (χ1n) is 4.38. The molecule has 2 heteroatoms. The van der Waals surface area contributed by atoms with E-state index in [9.17, 15) is 0 Å². The summed E-state index contributed by atoms with van der Waals surface area (Å²) >= 11 is 0. The zero-order valence-corrected chi connectivity index (χ0v) is 7.75. The Labute approximate surface area is 74.0 Å². The van der Waals surface area contributed by atoms with E-state index in [0.29, 0.717) is 0 Å². The summed E-state index contributed by atoms with van der Waals surface area (Å²) in [6.07, 6.45) is 0. The molecule has 2 N–H and O–H groups in total. The average molecular weight is 164 g/mol. The Hall–Kier alpha value is -0.860. The third-order valence-electron chi connectivity index (χ3n) is 2.03. The van der Waals surface area contributed by atoms with Crippen LogP contribution < -0.4 is 5.84 Å². The van der Waals surface area contributed by atoms with Crippen LogP contribution in [0.5, 0.6) is 0 Å². The van der Waals surface area contributed by atoms with Gasteiger partial charge in [0.15, 0.2) is 0 Å². The highest BCUT2D eigenvalue weighted by Crippen LogP contribution is 2.29. The van der Waals surface area contributed by atoms with E-state index < -0.39 is 0 Å². The van der Waals surface area contributed by atoms with E-state index in [-0.39, 0.29) is 0 Å². The fourth-order valence-electron chi connectivity index (χ4n) is 0.886. The average Bonchev–Trinajstić information content (AvgIpc) is 2.10. The van der Waals surface area contributed by atoms with Crippen molar-refractivity contribution in [1.82, 2.24) is 5.01 Å². The van der Waals surface area contributed by atoms with E-state index in [0.717, 1.165) is 13.1 Å². The maximum Gasteiger partial charge on any atom is 0.00996 e. The van der Waals surface area contributed by atoms with Crippen LogP contribution in [0.1, 0.15) is 13.8 Å². The lowest BCUT2D eigenvalue weighted by Gasteiger charge is -2.10. The van der Waals surface area contributed by atoms with Crippen molar-refractivity contribution in [2.24, 2.45) is 5.84 Å². The molecular formula is C10H16N2. The van der Waals surface area contributed by atoms with Crippen LogP contribution in [0.15, 0.2) is 24.3 Å². The summed E-state index contributed by atoms with van der Waals surface area (Å²) in [7, 11) is 0. The third-order valence-corrected chi connectivity index (χ3v) is 2.03. The number of benzene rings is 1. The molecule has 0 bridgehead atoms. The molecule has 0 radical (unpaired) electrons. The number of hydrazine groups is 1. The Balaban J connectivity index is 0.000000120. The van der Waals surface area contributed by atoms with Gasteiger partial charge in [0.1, 0.15) is 0 Å². The van der Waals surface area contributed by atoms with Gasteiger partial charge in [0, 0.05) is 13.1 Å². The van der Waals surface area contributed by atoms with Gasteiger partial charge in [-0.25, -0.2) is 5.01 Å². The lowest BCUT2D eigenvalue weighted by molar-refractivity contribution is 0.316. The molecule has 2 rings (SSSR count). The van der Waals surface area contributed by atoms with Crippen LogP contribution in [-0.2, 0) is 0 Å². The molecule has 66 valence electrons. The number of hydrogen-bond acceptors (Lipinski definition) is 2. The lowest BCUT2D eigenvalue weighted by atomic mass is 9.95. The Bertz CT molecular complexity index is 203. The lowest BCUT2D eigenvalue weighted by Crippen LogP contribution is -2.29. The van der Waals surface area contributed by atoms with Gasteiger partial charge in [0.25, 0.3) is 0 Å². The third kappa shape index (κ3) is 2.06. The Morgan fingerprint density at radius 2 is 1.33 bits per heavy atom. The van der Waals surface area contributed by atoms with E-state index in [1.165, 1.54) is 11.1 Å². The molecule has 0 aromatic rings. The summed E-state index contributed by atoms with van der Waals surface area (Å²) in [4.78, 5) is 0. The number of nitrogens with zero attached hydrogens (tertiary/aromatic N) is 1. The van der Waals surface area contributed by atoms with E-state index in [2.05, 4.69) is 24.3 Å². The zero-order valence-electron chi connectivity index (χ0n) is 7.75. The van der Waals surface area contributed by atoms with Gasteiger partial charge in [0.2, 0.25) is 0 Å². The van der Waals surface area contributed by atoms with E-state index in [4.69, 9.17) is 5.84 Å². The minimum atomic E-state index is 0.941. The first-order chi connectivity index (χ1) is 5.77. The molecule has 2 aliphatic carbocycles. The molecular weight excluding hydrogens is 148 g/mol. The Morgan fingerprint density at radius 1 is 1.00 bits per heavy atom. The monoisotopic (exact) mass is 164 g/mol. The van der Waals surface area contributed by atoms with Crippen LogP contribution >= 0.6 is 0 Å². The minimum absolute atomic E-state index is 0.941. The quantitative estimate of drug-likeness (QED) is 0.542. The number of rotatable bonds is 2. The molecule has 0 aromatic heterocycles. The highest BCUT2D eigenvalue weighted by atomic mass is 15.4. The van der Waals surface area contributed by atoms with Crippen LogP contribution in [0.4, 0.5) is 0 Å². The molecule has 0 saturated carbocycles. The minimum Gasteiger partial charge on any atom is -0.269 e. The Kier molecular flexibility index (Phi) is 3.26. The smallest absolute Gasteiger partial charge is 0.00996 e. The zero-order chi connectivity index (χ0) is 8.97. The Morgan fingerprint density at radius 3 is 1.33 bits per heavy atom. The SMILES string of the molecule is CCN(N)CC.c1cc2ccc1-2. The number of nitrogens with two attached hydrogens (primary N) is 1. The van der Waals surface area contributed by atoms with Gasteiger partial charge in [-0.05, 0) is 11.1 Å². The van der Waals surface area contributed by atoms with Crippen molar-refractivity contribution in [2.75, 3.05) is 13.1 Å². The maximum absolute atomic E-state index is 5.31. The van der Waals surface area contributed by atoms with Gasteiger partial charge >= 0.3 is 0 Å². The van der Waals surface area contributed by atoms with Crippen LogP contribution in [0, 0.1) is 0 Å². The largest absolute Gasteiger partial charge is 0.269 e. The van der Waals surface area contributed by atoms with Crippen LogP contribution in [0.25, 0.3) is 11.1 Å². The topological polar surface area (TPSA) is 29.3 Å². The molecule has 0 saturated heterocycles. The van der Waals surface area contributed by atoms with Gasteiger partial charge in [-0.2, -0.15) is 0 Å². The molecule has 12 heavy (non-hydrogen) atoms. The number of hydrogen-bond donors (Lipinski definition) is 1. The van der Waals surface area contributed by atoms with Gasteiger partial charge in [-0.3, -0.25) is 5.84 Å². The number of fused-ring (bicyclic) bond motifs is 1. The van der Waals surface area contributed by atoms with Crippen molar-refractivity contribution >= 4 is 0 Å². The molecule has 0 unspecified atom stereocenters. The molecule has 0 aromatic carbocycles. The van der Waals surface area contributed by atoms with E-state index in [1.54, 1.807) is 5.01 Å². The molecule has 0 fully saturated rings. The van der Waals surface area contributed by atoms with Gasteiger partial charge < -0.3 is 0 Å². The molecule has 0 atom stereocenters. The van der Waals surface area contributed by atoms with Crippen LogP contribution in [-0.4, -0.2) is 18.1 Å². The summed E-state index contributed by atoms with van der Waals surface area (Å²) in [5.41, 5.74) is 2.85. The van der Waals surface area contributed by atoms with E-state index in [1.807, 2.05) is 13.8 Å². The molecule has 0 amide bonds. The second-order valence-corrected chi connectivity index (χ2v) is 2.80. The molecule has 2 nitrogen and oxygen atoms in total. The summed E-state index contributed by atoms with van der Waals surface area (Å²) in [5.74, 6) is 5.31. The van der Waals surface area contributed by atoms with Crippen molar-refractivity contribution in [2.45, 2.75) is 13.8 Å². The van der Waals surface area contributed by atoms with Crippen molar-refractivity contribution in [3.8, 4) is 11.1 Å². The molecule has 0 heterocycles. The first kappa shape index (κ1) is 9.23. The van der Waals surface area contributed by atoms with Crippen molar-refractivity contribution in [3.63, 3.8) is 0 Å². The first-order valence-corrected chi connectivity index (χ1v) is 4.38. The fourth-order valence-corrected chi connectivity index (χ4v) is 0.886. The van der Waals surface area contributed by atoms with Crippen LogP contribution in [0.3, 0.4) is 0 Å². The van der Waals surface area contributed by atoms with Crippen molar-refractivity contribution in [1.29, 1.82) is 0 Å². The second kappa shape index (κ2) is 4.24. The summed E-state index contributed by atoms with van der Waals surface area (Å²) in [5, 5.41) is 1.75.